The highest BCUT2D eigenvalue weighted by Gasteiger charge is 2.28. The molecule has 1 N–H and O–H groups in total. The average molecular weight is 267 g/mol. The van der Waals surface area contributed by atoms with Gasteiger partial charge < -0.3 is 19.5 Å². The molecule has 0 amide bonds. The van der Waals surface area contributed by atoms with E-state index in [-0.39, 0.29) is 6.42 Å². The van der Waals surface area contributed by atoms with Gasteiger partial charge in [-0.1, -0.05) is 0 Å². The molecular formula is C14H21NO4. The second-order valence-electron chi connectivity index (χ2n) is 4.98. The van der Waals surface area contributed by atoms with Crippen molar-refractivity contribution in [3.8, 4) is 11.5 Å². The molecule has 0 saturated heterocycles. The number of rotatable bonds is 6. The zero-order valence-electron chi connectivity index (χ0n) is 12.1. The summed E-state index contributed by atoms with van der Waals surface area (Å²) in [4.78, 5) is 12.8. The van der Waals surface area contributed by atoms with Gasteiger partial charge in [0.25, 0.3) is 0 Å². The zero-order chi connectivity index (χ0) is 14.6. The van der Waals surface area contributed by atoms with Crippen LogP contribution in [-0.4, -0.2) is 37.9 Å². The Morgan fingerprint density at radius 2 is 1.95 bits per heavy atom. The van der Waals surface area contributed by atoms with Crippen LogP contribution in [0.4, 0.5) is 5.69 Å². The Kier molecular flexibility index (Phi) is 4.64. The summed E-state index contributed by atoms with van der Waals surface area (Å²) in [7, 11) is 5.02. The maximum absolute atomic E-state index is 10.9. The highest BCUT2D eigenvalue weighted by molar-refractivity contribution is 5.70. The number of aliphatic carboxylic acids is 1. The standard InChI is InChI=1S/C14H21NO4/c1-14(2,9-13(16)17)15(3)11-7-6-10(18-4)8-12(11)19-5/h6-8H,9H2,1-5H3,(H,16,17). The summed E-state index contributed by atoms with van der Waals surface area (Å²) in [6.07, 6.45) is 0.0404. The predicted octanol–water partition coefficient (Wildman–Crippen LogP) is 2.39. The van der Waals surface area contributed by atoms with Gasteiger partial charge in [0.05, 0.1) is 26.3 Å². The summed E-state index contributed by atoms with van der Waals surface area (Å²) in [5, 5.41) is 8.98. The van der Waals surface area contributed by atoms with Crippen molar-refractivity contribution in [1.82, 2.24) is 0 Å². The first-order valence-corrected chi connectivity index (χ1v) is 5.99. The quantitative estimate of drug-likeness (QED) is 0.857. The third kappa shape index (κ3) is 3.53. The maximum Gasteiger partial charge on any atom is 0.305 e. The maximum atomic E-state index is 10.9. The number of hydrogen-bond donors (Lipinski definition) is 1. The van der Waals surface area contributed by atoms with Crippen LogP contribution in [0.2, 0.25) is 0 Å². The van der Waals surface area contributed by atoms with E-state index in [1.807, 2.05) is 37.9 Å². The van der Waals surface area contributed by atoms with Crippen LogP contribution in [0.3, 0.4) is 0 Å². The van der Waals surface area contributed by atoms with E-state index >= 15 is 0 Å². The van der Waals surface area contributed by atoms with Crippen LogP contribution in [0.1, 0.15) is 20.3 Å². The van der Waals surface area contributed by atoms with Crippen molar-refractivity contribution in [3.05, 3.63) is 18.2 Å². The van der Waals surface area contributed by atoms with Crippen molar-refractivity contribution in [2.24, 2.45) is 0 Å². The molecular weight excluding hydrogens is 246 g/mol. The highest BCUT2D eigenvalue weighted by Crippen LogP contribution is 2.35. The van der Waals surface area contributed by atoms with E-state index in [4.69, 9.17) is 14.6 Å². The fourth-order valence-electron chi connectivity index (χ4n) is 1.88. The molecule has 5 nitrogen and oxygen atoms in total. The first-order chi connectivity index (χ1) is 8.81. The topological polar surface area (TPSA) is 59.0 Å². The number of hydrogen-bond acceptors (Lipinski definition) is 4. The van der Waals surface area contributed by atoms with Gasteiger partial charge in [-0.15, -0.1) is 0 Å². The molecule has 0 atom stereocenters. The number of methoxy groups -OCH3 is 2. The minimum Gasteiger partial charge on any atom is -0.497 e. The van der Waals surface area contributed by atoms with Crippen LogP contribution in [0.15, 0.2) is 18.2 Å². The van der Waals surface area contributed by atoms with Crippen molar-refractivity contribution in [2.75, 3.05) is 26.2 Å². The molecule has 0 fully saturated rings. The molecule has 0 unspecified atom stereocenters. The molecule has 0 bridgehead atoms. The predicted molar refractivity (Wildman–Crippen MR) is 74.3 cm³/mol. The Morgan fingerprint density at radius 3 is 2.42 bits per heavy atom. The lowest BCUT2D eigenvalue weighted by Crippen LogP contribution is -2.43. The number of anilines is 1. The molecule has 19 heavy (non-hydrogen) atoms. The van der Waals surface area contributed by atoms with Gasteiger partial charge in [0.2, 0.25) is 0 Å². The SMILES string of the molecule is COc1ccc(N(C)C(C)(C)CC(=O)O)c(OC)c1. The van der Waals surface area contributed by atoms with Gasteiger partial charge in [-0.3, -0.25) is 4.79 Å². The second-order valence-corrected chi connectivity index (χ2v) is 4.98. The van der Waals surface area contributed by atoms with Crippen molar-refractivity contribution in [3.63, 3.8) is 0 Å². The Balaban J connectivity index is 3.11. The Hall–Kier alpha value is -1.91. The van der Waals surface area contributed by atoms with Gasteiger partial charge >= 0.3 is 5.97 Å². The van der Waals surface area contributed by atoms with Crippen molar-refractivity contribution in [2.45, 2.75) is 25.8 Å². The minimum atomic E-state index is -0.829. The molecule has 5 heteroatoms. The van der Waals surface area contributed by atoms with E-state index in [1.54, 1.807) is 20.3 Å². The third-order valence-corrected chi connectivity index (χ3v) is 3.24. The highest BCUT2D eigenvalue weighted by atomic mass is 16.5. The smallest absolute Gasteiger partial charge is 0.305 e. The van der Waals surface area contributed by atoms with Crippen LogP contribution >= 0.6 is 0 Å². The number of carbonyl (C=O) groups is 1. The summed E-state index contributed by atoms with van der Waals surface area (Å²) < 4.78 is 10.5. The summed E-state index contributed by atoms with van der Waals surface area (Å²) >= 11 is 0. The van der Waals surface area contributed by atoms with Gasteiger partial charge in [0.1, 0.15) is 11.5 Å². The summed E-state index contributed by atoms with van der Waals surface area (Å²) in [5.74, 6) is 0.523. The molecule has 0 aliphatic carbocycles. The number of ether oxygens (including phenoxy) is 2. The molecule has 1 aromatic rings. The van der Waals surface area contributed by atoms with Crippen LogP contribution in [0.25, 0.3) is 0 Å². The number of carboxylic acid groups (broad SMARTS) is 1. The lowest BCUT2D eigenvalue weighted by Gasteiger charge is -2.37. The largest absolute Gasteiger partial charge is 0.497 e. The van der Waals surface area contributed by atoms with E-state index in [2.05, 4.69) is 0 Å². The van der Waals surface area contributed by atoms with Gasteiger partial charge in [0.15, 0.2) is 0 Å². The third-order valence-electron chi connectivity index (χ3n) is 3.24. The van der Waals surface area contributed by atoms with Gasteiger partial charge in [-0.25, -0.2) is 0 Å². The van der Waals surface area contributed by atoms with Crippen molar-refractivity contribution in [1.29, 1.82) is 0 Å². The second kappa shape index (κ2) is 5.82. The summed E-state index contributed by atoms with van der Waals surface area (Å²) in [5.41, 5.74) is 0.308. The minimum absolute atomic E-state index is 0.0404. The number of nitrogens with zero attached hydrogens (tertiary/aromatic N) is 1. The lowest BCUT2D eigenvalue weighted by molar-refractivity contribution is -0.138. The van der Waals surface area contributed by atoms with Crippen LogP contribution in [0, 0.1) is 0 Å². The zero-order valence-corrected chi connectivity index (χ0v) is 12.1. The Morgan fingerprint density at radius 1 is 1.32 bits per heavy atom. The lowest BCUT2D eigenvalue weighted by atomic mass is 9.98. The van der Waals surface area contributed by atoms with Gasteiger partial charge in [-0.2, -0.15) is 0 Å². The number of carboxylic acids is 1. The summed E-state index contributed by atoms with van der Waals surface area (Å²) in [6, 6.07) is 5.47. The Bertz CT molecular complexity index is 457. The molecule has 0 aliphatic rings. The van der Waals surface area contributed by atoms with E-state index in [1.165, 1.54) is 0 Å². The number of benzene rings is 1. The molecule has 1 rings (SSSR count). The van der Waals surface area contributed by atoms with E-state index in [0.717, 1.165) is 5.69 Å². The van der Waals surface area contributed by atoms with Crippen molar-refractivity contribution >= 4 is 11.7 Å². The normalized spacial score (nSPS) is 11.0. The van der Waals surface area contributed by atoms with Crippen molar-refractivity contribution < 1.29 is 19.4 Å². The molecule has 0 heterocycles. The first kappa shape index (κ1) is 15.1. The Labute approximate surface area is 113 Å². The molecule has 0 aliphatic heterocycles. The molecule has 0 radical (unpaired) electrons. The fourth-order valence-corrected chi connectivity index (χ4v) is 1.88. The molecule has 0 aromatic heterocycles. The fraction of sp³-hybridized carbons (Fsp3) is 0.500. The van der Waals surface area contributed by atoms with Crippen LogP contribution in [0.5, 0.6) is 11.5 Å². The monoisotopic (exact) mass is 267 g/mol. The molecule has 0 saturated carbocycles. The van der Waals surface area contributed by atoms with Gasteiger partial charge in [0, 0.05) is 18.7 Å². The van der Waals surface area contributed by atoms with Crippen LogP contribution < -0.4 is 14.4 Å². The molecule has 0 spiro atoms. The molecule has 106 valence electrons. The van der Waals surface area contributed by atoms with Gasteiger partial charge in [-0.05, 0) is 26.0 Å². The van der Waals surface area contributed by atoms with E-state index < -0.39 is 11.5 Å². The first-order valence-electron chi connectivity index (χ1n) is 5.99. The van der Waals surface area contributed by atoms with E-state index in [0.29, 0.717) is 11.5 Å². The average Bonchev–Trinajstić information content (AvgIpc) is 2.35. The van der Waals surface area contributed by atoms with E-state index in [9.17, 15) is 4.79 Å². The molecule has 1 aromatic carbocycles. The summed E-state index contributed by atoms with van der Waals surface area (Å²) in [6.45, 7) is 3.76. The van der Waals surface area contributed by atoms with Crippen LogP contribution in [-0.2, 0) is 4.79 Å².